The Morgan fingerprint density at radius 2 is 1.72 bits per heavy atom. The highest BCUT2D eigenvalue weighted by Gasteiger charge is 2.33. The van der Waals surface area contributed by atoms with Crippen molar-refractivity contribution in [3.8, 4) is 5.75 Å². The van der Waals surface area contributed by atoms with Gasteiger partial charge in [-0.25, -0.2) is 0 Å². The Morgan fingerprint density at radius 1 is 1.03 bits per heavy atom. The number of nitrogens with two attached hydrogens (primary N) is 1. The molecule has 5 N–H and O–H groups in total. The minimum absolute atomic E-state index is 0.293. The molecule has 0 spiro atoms. The maximum absolute atomic E-state index is 13.3. The molecular weight excluding hydrogens is 513 g/mol. The van der Waals surface area contributed by atoms with Crippen LogP contribution in [0.2, 0.25) is 0 Å². The van der Waals surface area contributed by atoms with Gasteiger partial charge in [0.15, 0.2) is 0 Å². The number of ether oxygens (including phenoxy) is 1. The Kier molecular flexibility index (Phi) is 8.52. The van der Waals surface area contributed by atoms with Crippen LogP contribution in [0.4, 0.5) is 30.2 Å². The number of alkyl halides is 3. The number of β-amino-alcohol motifs (C(OH)–C–C–N with tert-alkyl or cyclic N) is 1. The van der Waals surface area contributed by atoms with E-state index in [1.807, 2.05) is 4.90 Å². The van der Waals surface area contributed by atoms with Gasteiger partial charge >= 0.3 is 6.36 Å². The number of likely N-dealkylation sites (tertiary alicyclic amines) is 1. The number of carbonyl (C=O) groups is 2. The van der Waals surface area contributed by atoms with Gasteiger partial charge in [-0.3, -0.25) is 14.5 Å². The van der Waals surface area contributed by atoms with E-state index in [4.69, 9.17) is 5.73 Å². The van der Waals surface area contributed by atoms with E-state index in [0.29, 0.717) is 42.1 Å². The molecule has 0 radical (unpaired) electrons. The van der Waals surface area contributed by atoms with Gasteiger partial charge < -0.3 is 26.2 Å². The van der Waals surface area contributed by atoms with Crippen molar-refractivity contribution in [2.24, 2.45) is 0 Å². The van der Waals surface area contributed by atoms with Crippen molar-refractivity contribution in [1.82, 2.24) is 4.90 Å². The monoisotopic (exact) mass is 540 g/mol. The van der Waals surface area contributed by atoms with Crippen LogP contribution in [0, 0.1) is 0 Å². The molecule has 1 fully saturated rings. The van der Waals surface area contributed by atoms with Gasteiger partial charge in [-0.05, 0) is 60.0 Å². The van der Waals surface area contributed by atoms with Crippen molar-refractivity contribution in [2.75, 3.05) is 29.5 Å². The number of hydrogen-bond acceptors (Lipinski definition) is 6. The van der Waals surface area contributed by atoms with Crippen LogP contribution < -0.4 is 21.1 Å². The predicted octanol–water partition coefficient (Wildman–Crippen LogP) is 4.57. The standard InChI is InChI=1S/C28H27F3N4O4/c29-28(30,31)39-22-12-10-20(11-13-22)33-27(38)26(35-16-15-21(36)17-35)19-8-5-18(6-9-19)7-14-25(37)34-24-4-2-1-3-23(24)32/h1-14,21,26,36H,15-17,32H2,(H,33,38)(H,34,37)/b14-7+/t21-,26?/m0/s1. The van der Waals surface area contributed by atoms with Crippen molar-refractivity contribution in [1.29, 1.82) is 0 Å². The second kappa shape index (κ2) is 12.0. The van der Waals surface area contributed by atoms with Crippen molar-refractivity contribution in [3.05, 3.63) is 90.0 Å². The van der Waals surface area contributed by atoms with E-state index in [2.05, 4.69) is 15.4 Å². The zero-order chi connectivity index (χ0) is 28.0. The summed E-state index contributed by atoms with van der Waals surface area (Å²) in [6.45, 7) is 0.781. The molecule has 8 nitrogen and oxygen atoms in total. The molecule has 0 saturated carbocycles. The van der Waals surface area contributed by atoms with Gasteiger partial charge in [0.25, 0.3) is 0 Å². The first-order valence-corrected chi connectivity index (χ1v) is 12.1. The fourth-order valence-corrected chi connectivity index (χ4v) is 4.23. The number of amides is 2. The van der Waals surface area contributed by atoms with Crippen molar-refractivity contribution < 1.29 is 32.6 Å². The summed E-state index contributed by atoms with van der Waals surface area (Å²) < 4.78 is 41.1. The van der Waals surface area contributed by atoms with Crippen LogP contribution in [-0.4, -0.2) is 47.4 Å². The Balaban J connectivity index is 1.45. The topological polar surface area (TPSA) is 117 Å². The molecule has 3 aromatic rings. The molecule has 1 unspecified atom stereocenters. The fourth-order valence-electron chi connectivity index (χ4n) is 4.23. The van der Waals surface area contributed by atoms with Crippen LogP contribution in [0.3, 0.4) is 0 Å². The van der Waals surface area contributed by atoms with Crippen LogP contribution in [0.5, 0.6) is 5.75 Å². The molecule has 0 aromatic heterocycles. The zero-order valence-electron chi connectivity index (χ0n) is 20.7. The number of nitrogen functional groups attached to an aromatic ring is 1. The lowest BCUT2D eigenvalue weighted by atomic mass is 10.0. The number of hydrogen-bond donors (Lipinski definition) is 4. The van der Waals surface area contributed by atoms with Gasteiger partial charge in [0.1, 0.15) is 11.8 Å². The van der Waals surface area contributed by atoms with Gasteiger partial charge in [-0.2, -0.15) is 0 Å². The first-order valence-electron chi connectivity index (χ1n) is 12.1. The van der Waals surface area contributed by atoms with Crippen molar-refractivity contribution in [3.63, 3.8) is 0 Å². The SMILES string of the molecule is Nc1ccccc1NC(=O)/C=C/c1ccc(C(C(=O)Nc2ccc(OC(F)(F)F)cc2)N2CC[C@H](O)C2)cc1. The molecule has 39 heavy (non-hydrogen) atoms. The number of nitrogens with zero attached hydrogens (tertiary/aromatic N) is 1. The Labute approximate surface area is 222 Å². The second-order valence-electron chi connectivity index (χ2n) is 8.98. The maximum Gasteiger partial charge on any atom is 0.573 e. The summed E-state index contributed by atoms with van der Waals surface area (Å²) in [5.74, 6) is -1.16. The van der Waals surface area contributed by atoms with Crippen LogP contribution >= 0.6 is 0 Å². The summed E-state index contributed by atoms with van der Waals surface area (Å²) in [4.78, 5) is 27.4. The normalized spacial score (nSPS) is 16.7. The number of benzene rings is 3. The van der Waals surface area contributed by atoms with Gasteiger partial charge in [0.2, 0.25) is 11.8 Å². The van der Waals surface area contributed by atoms with Crippen molar-refractivity contribution >= 4 is 35.0 Å². The quantitative estimate of drug-likeness (QED) is 0.246. The summed E-state index contributed by atoms with van der Waals surface area (Å²) in [5.41, 5.74) is 8.46. The van der Waals surface area contributed by atoms with Crippen LogP contribution in [0.1, 0.15) is 23.6 Å². The second-order valence-corrected chi connectivity index (χ2v) is 8.98. The first-order chi connectivity index (χ1) is 18.6. The summed E-state index contributed by atoms with van der Waals surface area (Å²) in [5, 5.41) is 15.5. The molecular formula is C28H27F3N4O4. The average molecular weight is 541 g/mol. The van der Waals surface area contributed by atoms with Gasteiger partial charge in [-0.15, -0.1) is 13.2 Å². The molecule has 1 aliphatic rings. The van der Waals surface area contributed by atoms with Gasteiger partial charge in [0, 0.05) is 24.9 Å². The van der Waals surface area contributed by atoms with E-state index < -0.39 is 30.2 Å². The minimum Gasteiger partial charge on any atom is -0.406 e. The number of aliphatic hydroxyl groups is 1. The Morgan fingerprint density at radius 3 is 2.33 bits per heavy atom. The highest BCUT2D eigenvalue weighted by Crippen LogP contribution is 2.29. The maximum atomic E-state index is 13.3. The Bertz CT molecular complexity index is 1330. The zero-order valence-corrected chi connectivity index (χ0v) is 20.7. The molecule has 2 amide bonds. The lowest BCUT2D eigenvalue weighted by Crippen LogP contribution is -2.36. The lowest BCUT2D eigenvalue weighted by molar-refractivity contribution is -0.274. The molecule has 1 aliphatic heterocycles. The highest BCUT2D eigenvalue weighted by atomic mass is 19.4. The number of anilines is 3. The molecule has 204 valence electrons. The average Bonchev–Trinajstić information content (AvgIpc) is 3.31. The van der Waals surface area contributed by atoms with E-state index in [-0.39, 0.29) is 5.91 Å². The first kappa shape index (κ1) is 27.7. The van der Waals surface area contributed by atoms with Gasteiger partial charge in [-0.1, -0.05) is 36.4 Å². The number of carbonyl (C=O) groups excluding carboxylic acids is 2. The van der Waals surface area contributed by atoms with Crippen LogP contribution in [-0.2, 0) is 9.59 Å². The van der Waals surface area contributed by atoms with E-state index in [1.165, 1.54) is 18.2 Å². The van der Waals surface area contributed by atoms with Crippen LogP contribution in [0.25, 0.3) is 6.08 Å². The summed E-state index contributed by atoms with van der Waals surface area (Å²) >= 11 is 0. The third-order valence-corrected chi connectivity index (χ3v) is 6.06. The summed E-state index contributed by atoms with van der Waals surface area (Å²) in [6.07, 6.45) is -1.88. The third kappa shape index (κ3) is 7.82. The molecule has 3 aromatic carbocycles. The number of para-hydroxylation sites is 2. The molecule has 11 heteroatoms. The largest absolute Gasteiger partial charge is 0.573 e. The van der Waals surface area contributed by atoms with E-state index >= 15 is 0 Å². The number of halogens is 3. The number of nitrogens with one attached hydrogen (secondary N) is 2. The number of aliphatic hydroxyl groups excluding tert-OH is 1. The van der Waals surface area contributed by atoms with Crippen molar-refractivity contribution in [2.45, 2.75) is 24.9 Å². The highest BCUT2D eigenvalue weighted by molar-refractivity contribution is 6.03. The van der Waals surface area contributed by atoms with E-state index in [9.17, 15) is 27.9 Å². The predicted molar refractivity (Wildman–Crippen MR) is 142 cm³/mol. The van der Waals surface area contributed by atoms with E-state index in [1.54, 1.807) is 54.6 Å². The molecule has 1 saturated heterocycles. The lowest BCUT2D eigenvalue weighted by Gasteiger charge is -2.27. The molecule has 0 bridgehead atoms. The smallest absolute Gasteiger partial charge is 0.406 e. The third-order valence-electron chi connectivity index (χ3n) is 6.06. The fraction of sp³-hybridized carbons (Fsp3) is 0.214. The summed E-state index contributed by atoms with van der Waals surface area (Å²) in [7, 11) is 0. The molecule has 4 rings (SSSR count). The minimum atomic E-state index is -4.81. The molecule has 1 heterocycles. The van der Waals surface area contributed by atoms with Gasteiger partial charge in [0.05, 0.1) is 17.5 Å². The van der Waals surface area contributed by atoms with Crippen LogP contribution in [0.15, 0.2) is 78.9 Å². The van der Waals surface area contributed by atoms with E-state index in [0.717, 1.165) is 17.7 Å². The summed E-state index contributed by atoms with van der Waals surface area (Å²) in [6, 6.07) is 18.0. The molecule has 0 aliphatic carbocycles. The Hall–Kier alpha value is -4.35. The molecule has 2 atom stereocenters. The number of rotatable bonds is 8.